The van der Waals surface area contributed by atoms with E-state index in [9.17, 15) is 13.5 Å². The van der Waals surface area contributed by atoms with E-state index in [0.29, 0.717) is 16.9 Å². The topological polar surface area (TPSA) is 66.4 Å². The Morgan fingerprint density at radius 3 is 2.65 bits per heavy atom. The molecule has 0 atom stereocenters. The molecule has 2 rings (SSSR count). The molecular formula is C14H21NO3S2. The van der Waals surface area contributed by atoms with Gasteiger partial charge in [0.05, 0.1) is 11.5 Å². The van der Waals surface area contributed by atoms with E-state index in [1.54, 1.807) is 18.2 Å². The third-order valence-electron chi connectivity index (χ3n) is 3.53. The van der Waals surface area contributed by atoms with E-state index in [-0.39, 0.29) is 12.6 Å². The number of hydrogen-bond acceptors (Lipinski definition) is 4. The fraction of sp³-hybridized carbons (Fsp3) is 0.571. The highest BCUT2D eigenvalue weighted by Gasteiger charge is 2.24. The first-order valence-electron chi connectivity index (χ1n) is 6.89. The molecule has 2 N–H and O–H groups in total. The minimum atomic E-state index is -3.51. The van der Waals surface area contributed by atoms with Crippen molar-refractivity contribution in [2.75, 3.05) is 11.5 Å². The standard InChI is InChI=1S/C14H21NO3S2/c1-2-12-4-3-11(10-16)9-14(12)20(17,18)15-13-5-7-19-8-6-13/h3-4,9,13,15-16H,2,5-8,10H2,1H3. The van der Waals surface area contributed by atoms with Gasteiger partial charge in [-0.25, -0.2) is 13.1 Å². The lowest BCUT2D eigenvalue weighted by molar-refractivity contribution is 0.281. The molecule has 0 saturated carbocycles. The number of nitrogens with one attached hydrogen (secondary N) is 1. The van der Waals surface area contributed by atoms with Gasteiger partial charge in [-0.15, -0.1) is 0 Å². The summed E-state index contributed by atoms with van der Waals surface area (Å²) in [5.74, 6) is 2.01. The Labute approximate surface area is 125 Å². The molecule has 6 heteroatoms. The van der Waals surface area contributed by atoms with Crippen LogP contribution in [0.4, 0.5) is 0 Å². The Morgan fingerprint density at radius 2 is 2.05 bits per heavy atom. The van der Waals surface area contributed by atoms with E-state index in [0.717, 1.165) is 29.9 Å². The second-order valence-corrected chi connectivity index (χ2v) is 7.87. The minimum Gasteiger partial charge on any atom is -0.392 e. The van der Waals surface area contributed by atoms with Gasteiger partial charge in [0, 0.05) is 6.04 Å². The van der Waals surface area contributed by atoms with Crippen LogP contribution < -0.4 is 4.72 Å². The van der Waals surface area contributed by atoms with E-state index in [1.807, 2.05) is 18.7 Å². The van der Waals surface area contributed by atoms with E-state index in [1.165, 1.54) is 0 Å². The summed E-state index contributed by atoms with van der Waals surface area (Å²) in [6.07, 6.45) is 2.42. The van der Waals surface area contributed by atoms with Gasteiger partial charge in [-0.1, -0.05) is 19.1 Å². The van der Waals surface area contributed by atoms with Gasteiger partial charge in [0.15, 0.2) is 0 Å². The van der Waals surface area contributed by atoms with Crippen LogP contribution in [0.15, 0.2) is 23.1 Å². The zero-order chi connectivity index (χ0) is 14.6. The molecule has 0 aromatic heterocycles. The van der Waals surface area contributed by atoms with Gasteiger partial charge in [-0.3, -0.25) is 0 Å². The molecular weight excluding hydrogens is 294 g/mol. The van der Waals surface area contributed by atoms with Gasteiger partial charge in [-0.05, 0) is 48.0 Å². The lowest BCUT2D eigenvalue weighted by Crippen LogP contribution is -2.37. The third kappa shape index (κ3) is 3.75. The van der Waals surface area contributed by atoms with Crippen molar-refractivity contribution in [2.24, 2.45) is 0 Å². The number of aliphatic hydroxyl groups excluding tert-OH is 1. The maximum Gasteiger partial charge on any atom is 0.241 e. The van der Waals surface area contributed by atoms with Crippen LogP contribution in [-0.2, 0) is 23.1 Å². The van der Waals surface area contributed by atoms with Crippen molar-refractivity contribution in [3.8, 4) is 0 Å². The summed E-state index contributed by atoms with van der Waals surface area (Å²) in [5, 5.41) is 9.19. The second kappa shape index (κ2) is 6.93. The zero-order valence-corrected chi connectivity index (χ0v) is 13.3. The van der Waals surface area contributed by atoms with E-state index < -0.39 is 10.0 Å². The summed E-state index contributed by atoms with van der Waals surface area (Å²) >= 11 is 1.87. The molecule has 0 spiro atoms. The molecule has 1 aromatic carbocycles. The fourth-order valence-electron chi connectivity index (χ4n) is 2.34. The van der Waals surface area contributed by atoms with Crippen LogP contribution in [0.5, 0.6) is 0 Å². The summed E-state index contributed by atoms with van der Waals surface area (Å²) in [6, 6.07) is 5.17. The summed E-state index contributed by atoms with van der Waals surface area (Å²) < 4.78 is 27.9. The van der Waals surface area contributed by atoms with Crippen molar-refractivity contribution < 1.29 is 13.5 Å². The Hall–Kier alpha value is -0.560. The van der Waals surface area contributed by atoms with Crippen LogP contribution in [0.1, 0.15) is 30.9 Å². The first-order chi connectivity index (χ1) is 9.56. The van der Waals surface area contributed by atoms with Crippen molar-refractivity contribution in [1.29, 1.82) is 0 Å². The van der Waals surface area contributed by atoms with Gasteiger partial charge in [0.1, 0.15) is 0 Å². The molecule has 1 saturated heterocycles. The van der Waals surface area contributed by atoms with Crippen LogP contribution in [0.3, 0.4) is 0 Å². The highest BCUT2D eigenvalue weighted by Crippen LogP contribution is 2.22. The lowest BCUT2D eigenvalue weighted by atomic mass is 10.1. The number of thioether (sulfide) groups is 1. The van der Waals surface area contributed by atoms with Gasteiger partial charge in [0.25, 0.3) is 0 Å². The maximum atomic E-state index is 12.5. The van der Waals surface area contributed by atoms with Crippen molar-refractivity contribution in [3.63, 3.8) is 0 Å². The molecule has 4 nitrogen and oxygen atoms in total. The quantitative estimate of drug-likeness (QED) is 0.871. The van der Waals surface area contributed by atoms with Crippen molar-refractivity contribution >= 4 is 21.8 Å². The number of aliphatic hydroxyl groups is 1. The Kier molecular flexibility index (Phi) is 5.49. The summed E-state index contributed by atoms with van der Waals surface area (Å²) in [4.78, 5) is 0.310. The molecule has 20 heavy (non-hydrogen) atoms. The van der Waals surface area contributed by atoms with Crippen LogP contribution in [0, 0.1) is 0 Å². The Bertz CT molecular complexity index is 552. The van der Waals surface area contributed by atoms with Gasteiger partial charge in [0.2, 0.25) is 10.0 Å². The predicted octanol–water partition coefficient (Wildman–Crippen LogP) is 1.92. The summed E-state index contributed by atoms with van der Waals surface area (Å²) in [5.41, 5.74) is 1.42. The number of benzene rings is 1. The molecule has 1 fully saturated rings. The lowest BCUT2D eigenvalue weighted by Gasteiger charge is -2.23. The first kappa shape index (κ1) is 15.8. The molecule has 0 radical (unpaired) electrons. The number of rotatable bonds is 5. The van der Waals surface area contributed by atoms with Crippen molar-refractivity contribution in [3.05, 3.63) is 29.3 Å². The van der Waals surface area contributed by atoms with E-state index in [4.69, 9.17) is 0 Å². The number of sulfonamides is 1. The molecule has 1 aliphatic rings. The van der Waals surface area contributed by atoms with Crippen LogP contribution in [0.25, 0.3) is 0 Å². The molecule has 0 unspecified atom stereocenters. The van der Waals surface area contributed by atoms with Gasteiger partial charge in [-0.2, -0.15) is 11.8 Å². The average molecular weight is 315 g/mol. The molecule has 0 bridgehead atoms. The first-order valence-corrected chi connectivity index (χ1v) is 9.53. The second-order valence-electron chi connectivity index (χ2n) is 4.96. The SMILES string of the molecule is CCc1ccc(CO)cc1S(=O)(=O)NC1CCSCC1. The van der Waals surface area contributed by atoms with Gasteiger partial charge < -0.3 is 5.11 Å². The minimum absolute atomic E-state index is 0.0312. The van der Waals surface area contributed by atoms with E-state index in [2.05, 4.69) is 4.72 Å². The molecule has 1 heterocycles. The van der Waals surface area contributed by atoms with Crippen LogP contribution >= 0.6 is 11.8 Å². The molecule has 1 aliphatic heterocycles. The highest BCUT2D eigenvalue weighted by molar-refractivity contribution is 7.99. The number of hydrogen-bond donors (Lipinski definition) is 2. The van der Waals surface area contributed by atoms with Gasteiger partial charge >= 0.3 is 0 Å². The smallest absolute Gasteiger partial charge is 0.241 e. The third-order valence-corrected chi connectivity index (χ3v) is 6.18. The van der Waals surface area contributed by atoms with Crippen molar-refractivity contribution in [1.82, 2.24) is 4.72 Å². The highest BCUT2D eigenvalue weighted by atomic mass is 32.2. The Balaban J connectivity index is 2.27. The molecule has 1 aromatic rings. The monoisotopic (exact) mass is 315 g/mol. The van der Waals surface area contributed by atoms with Crippen molar-refractivity contribution in [2.45, 2.75) is 43.7 Å². The normalized spacial score (nSPS) is 17.3. The predicted molar refractivity (Wildman–Crippen MR) is 82.4 cm³/mol. The molecule has 0 amide bonds. The Morgan fingerprint density at radius 1 is 1.35 bits per heavy atom. The van der Waals surface area contributed by atoms with E-state index >= 15 is 0 Å². The van der Waals surface area contributed by atoms with Crippen LogP contribution in [-0.4, -0.2) is 31.1 Å². The zero-order valence-electron chi connectivity index (χ0n) is 11.6. The average Bonchev–Trinajstić information content (AvgIpc) is 2.47. The molecule has 0 aliphatic carbocycles. The summed E-state index contributed by atoms with van der Waals surface area (Å²) in [6.45, 7) is 1.79. The fourth-order valence-corrected chi connectivity index (χ4v) is 5.11. The van der Waals surface area contributed by atoms with Crippen LogP contribution in [0.2, 0.25) is 0 Å². The summed E-state index contributed by atoms with van der Waals surface area (Å²) in [7, 11) is -3.51. The molecule has 112 valence electrons. The number of aryl methyl sites for hydroxylation is 1. The maximum absolute atomic E-state index is 12.5. The largest absolute Gasteiger partial charge is 0.392 e.